The fourth-order valence-electron chi connectivity index (χ4n) is 4.34. The van der Waals surface area contributed by atoms with Gasteiger partial charge in [0.15, 0.2) is 5.78 Å². The average Bonchev–Trinajstić information content (AvgIpc) is 3.21. The van der Waals surface area contributed by atoms with Crippen molar-refractivity contribution >= 4 is 34.6 Å². The van der Waals surface area contributed by atoms with Gasteiger partial charge in [-0.1, -0.05) is 26.0 Å². The van der Waals surface area contributed by atoms with Crippen LogP contribution in [0.25, 0.3) is 0 Å². The zero-order valence-corrected chi connectivity index (χ0v) is 18.9. The molecule has 1 aliphatic heterocycles. The number of ketones is 1. The number of nitrogens with two attached hydrogens (primary N) is 1. The molecule has 0 saturated carbocycles. The van der Waals surface area contributed by atoms with E-state index in [1.165, 1.54) is 5.56 Å². The molecule has 4 rings (SSSR count). The third-order valence-corrected chi connectivity index (χ3v) is 7.91. The molecular weight excluding hydrogens is 410 g/mol. The Morgan fingerprint density at radius 1 is 1.23 bits per heavy atom. The van der Waals surface area contributed by atoms with Gasteiger partial charge >= 0.3 is 0 Å². The zero-order chi connectivity index (χ0) is 21.3. The van der Waals surface area contributed by atoms with Crippen LogP contribution < -0.4 is 10.6 Å². The Balaban J connectivity index is 1.92. The first-order valence-electron chi connectivity index (χ1n) is 10.4. The zero-order valence-electron chi connectivity index (χ0n) is 17.3. The van der Waals surface area contributed by atoms with Crippen molar-refractivity contribution in [1.82, 2.24) is 0 Å². The van der Waals surface area contributed by atoms with E-state index < -0.39 is 0 Å². The van der Waals surface area contributed by atoms with Gasteiger partial charge in [0.1, 0.15) is 5.82 Å². The van der Waals surface area contributed by atoms with Crippen LogP contribution in [0.1, 0.15) is 50.2 Å². The monoisotopic (exact) mass is 435 g/mol. The first-order chi connectivity index (χ1) is 14.6. The summed E-state index contributed by atoms with van der Waals surface area (Å²) in [6.07, 6.45) is 3.08. The van der Waals surface area contributed by atoms with E-state index in [0.717, 1.165) is 51.7 Å². The first-order valence-corrected chi connectivity index (χ1v) is 12.2. The van der Waals surface area contributed by atoms with Gasteiger partial charge < -0.3 is 5.73 Å². The number of rotatable bonds is 5. The SMILES string of the molecule is CCSc1sccc1C1C(C#N)=C(N)N(c2ccc(CC)cc2)C2=C1C(=O)CCC2. The third kappa shape index (κ3) is 3.46. The summed E-state index contributed by atoms with van der Waals surface area (Å²) >= 11 is 3.42. The number of aryl methyl sites for hydroxylation is 1. The van der Waals surface area contributed by atoms with E-state index in [2.05, 4.69) is 38.1 Å². The number of anilines is 1. The van der Waals surface area contributed by atoms with Gasteiger partial charge in [-0.2, -0.15) is 5.26 Å². The molecule has 1 aromatic heterocycles. The van der Waals surface area contributed by atoms with E-state index in [4.69, 9.17) is 5.73 Å². The number of allylic oxidation sites excluding steroid dienone is 3. The first kappa shape index (κ1) is 20.8. The van der Waals surface area contributed by atoms with Gasteiger partial charge in [-0.15, -0.1) is 23.1 Å². The molecule has 0 amide bonds. The van der Waals surface area contributed by atoms with Crippen molar-refractivity contribution in [2.75, 3.05) is 10.7 Å². The molecule has 0 fully saturated rings. The predicted octanol–water partition coefficient (Wildman–Crippen LogP) is 5.73. The number of nitrogens with zero attached hydrogens (tertiary/aromatic N) is 2. The molecule has 30 heavy (non-hydrogen) atoms. The summed E-state index contributed by atoms with van der Waals surface area (Å²) in [7, 11) is 0. The summed E-state index contributed by atoms with van der Waals surface area (Å²) < 4.78 is 1.16. The molecule has 1 atom stereocenters. The van der Waals surface area contributed by atoms with Crippen LogP contribution >= 0.6 is 23.1 Å². The molecule has 0 spiro atoms. The van der Waals surface area contributed by atoms with E-state index in [-0.39, 0.29) is 11.7 Å². The Bertz CT molecular complexity index is 1070. The molecule has 0 bridgehead atoms. The molecule has 154 valence electrons. The highest BCUT2D eigenvalue weighted by atomic mass is 32.2. The van der Waals surface area contributed by atoms with Gasteiger partial charge in [0.25, 0.3) is 0 Å². The van der Waals surface area contributed by atoms with Crippen molar-refractivity contribution in [2.45, 2.75) is 49.7 Å². The highest BCUT2D eigenvalue weighted by Crippen LogP contribution is 2.49. The molecule has 0 saturated heterocycles. The maximum absolute atomic E-state index is 13.2. The largest absolute Gasteiger partial charge is 0.384 e. The van der Waals surface area contributed by atoms with E-state index >= 15 is 0 Å². The topological polar surface area (TPSA) is 70.1 Å². The second-order valence-electron chi connectivity index (χ2n) is 7.43. The lowest BCUT2D eigenvalue weighted by Crippen LogP contribution is -2.38. The Morgan fingerprint density at radius 3 is 2.67 bits per heavy atom. The maximum Gasteiger partial charge on any atom is 0.161 e. The molecule has 2 aliphatic rings. The van der Waals surface area contributed by atoms with E-state index in [9.17, 15) is 10.1 Å². The normalized spacial score (nSPS) is 19.2. The van der Waals surface area contributed by atoms with Crippen molar-refractivity contribution < 1.29 is 4.79 Å². The fraction of sp³-hybridized carbons (Fsp3) is 0.333. The highest BCUT2D eigenvalue weighted by Gasteiger charge is 2.41. The van der Waals surface area contributed by atoms with Crippen molar-refractivity contribution in [3.8, 4) is 6.07 Å². The van der Waals surface area contributed by atoms with E-state index in [1.54, 1.807) is 23.1 Å². The Kier molecular flexibility index (Phi) is 6.03. The highest BCUT2D eigenvalue weighted by molar-refractivity contribution is 8.01. The van der Waals surface area contributed by atoms with Crippen LogP contribution in [0.5, 0.6) is 0 Å². The number of hydrogen-bond acceptors (Lipinski definition) is 6. The van der Waals surface area contributed by atoms with Crippen molar-refractivity contribution in [2.24, 2.45) is 5.73 Å². The molecule has 6 heteroatoms. The van der Waals surface area contributed by atoms with Crippen molar-refractivity contribution in [1.29, 1.82) is 5.26 Å². The fourth-order valence-corrected chi connectivity index (χ4v) is 6.41. The minimum absolute atomic E-state index is 0.135. The van der Waals surface area contributed by atoms with Gasteiger partial charge in [-0.25, -0.2) is 0 Å². The lowest BCUT2D eigenvalue weighted by atomic mass is 9.76. The summed E-state index contributed by atoms with van der Waals surface area (Å²) in [5.74, 6) is 1.15. The van der Waals surface area contributed by atoms with Gasteiger partial charge in [-0.3, -0.25) is 9.69 Å². The maximum atomic E-state index is 13.2. The third-order valence-electron chi connectivity index (χ3n) is 5.76. The van der Waals surface area contributed by atoms with Gasteiger partial charge in [-0.05, 0) is 59.7 Å². The number of nitriles is 1. The van der Waals surface area contributed by atoms with E-state index in [0.29, 0.717) is 17.8 Å². The molecule has 0 radical (unpaired) electrons. The molecule has 4 nitrogen and oxygen atoms in total. The van der Waals surface area contributed by atoms with Crippen molar-refractivity contribution in [3.05, 3.63) is 69.5 Å². The van der Waals surface area contributed by atoms with Gasteiger partial charge in [0.2, 0.25) is 0 Å². The Labute approximate surface area is 186 Å². The lowest BCUT2D eigenvalue weighted by molar-refractivity contribution is -0.116. The van der Waals surface area contributed by atoms with Gasteiger partial charge in [0, 0.05) is 23.4 Å². The van der Waals surface area contributed by atoms with Crippen LogP contribution in [-0.4, -0.2) is 11.5 Å². The van der Waals surface area contributed by atoms with Crippen LogP contribution in [0, 0.1) is 11.3 Å². The van der Waals surface area contributed by atoms with Crippen LogP contribution in [0.4, 0.5) is 5.69 Å². The molecular formula is C24H25N3OS2. The molecule has 1 unspecified atom stereocenters. The van der Waals surface area contributed by atoms with E-state index in [1.807, 2.05) is 22.4 Å². The predicted molar refractivity (Wildman–Crippen MR) is 124 cm³/mol. The second kappa shape index (κ2) is 8.71. The molecule has 2 N–H and O–H groups in total. The molecule has 1 aromatic carbocycles. The number of thioether (sulfide) groups is 1. The Hall–Kier alpha value is -2.49. The molecule has 2 heterocycles. The quantitative estimate of drug-likeness (QED) is 0.608. The number of thiophene rings is 1. The molecule has 1 aliphatic carbocycles. The van der Waals surface area contributed by atoms with Crippen molar-refractivity contribution in [3.63, 3.8) is 0 Å². The summed E-state index contributed by atoms with van der Waals surface area (Å²) in [4.78, 5) is 15.1. The number of Topliss-reactive ketones (excluding diaryl/α,β-unsaturated/α-hetero) is 1. The summed E-state index contributed by atoms with van der Waals surface area (Å²) in [6.45, 7) is 4.23. The number of hydrogen-bond donors (Lipinski definition) is 1. The van der Waals surface area contributed by atoms with Gasteiger partial charge in [0.05, 0.1) is 21.8 Å². The number of carbonyl (C=O) groups is 1. The summed E-state index contributed by atoms with van der Waals surface area (Å²) in [5.41, 5.74) is 12.0. The van der Waals surface area contributed by atoms with Crippen LogP contribution in [0.3, 0.4) is 0 Å². The van der Waals surface area contributed by atoms with Crippen LogP contribution in [0.15, 0.2) is 62.6 Å². The number of carbonyl (C=O) groups excluding carboxylic acids is 1. The summed E-state index contributed by atoms with van der Waals surface area (Å²) in [6, 6.07) is 12.6. The number of benzene rings is 1. The average molecular weight is 436 g/mol. The molecule has 2 aromatic rings. The Morgan fingerprint density at radius 2 is 2.00 bits per heavy atom. The van der Waals surface area contributed by atoms with Crippen LogP contribution in [0.2, 0.25) is 0 Å². The second-order valence-corrected chi connectivity index (χ2v) is 9.88. The minimum atomic E-state index is -0.371. The lowest BCUT2D eigenvalue weighted by Gasteiger charge is -2.39. The van der Waals surface area contributed by atoms with Crippen LogP contribution in [-0.2, 0) is 11.2 Å². The smallest absolute Gasteiger partial charge is 0.161 e. The minimum Gasteiger partial charge on any atom is -0.384 e. The standard InChI is InChI=1S/C24H25N3OS2/c1-3-15-8-10-16(11-9-15)27-19-6-5-7-20(28)22(19)21(18(14-25)23(27)26)17-12-13-30-24(17)29-4-2/h8-13,21H,3-7,26H2,1-2H3. The summed E-state index contributed by atoms with van der Waals surface area (Å²) in [5, 5.41) is 12.2.